The van der Waals surface area contributed by atoms with Crippen LogP contribution >= 0.6 is 0 Å². The second-order valence-corrected chi connectivity index (χ2v) is 8.79. The third-order valence-corrected chi connectivity index (χ3v) is 6.14. The molecule has 4 atom stereocenters. The Labute approximate surface area is 219 Å². The summed E-state index contributed by atoms with van der Waals surface area (Å²) in [6.45, 7) is 13.2. The molecule has 0 saturated carbocycles. The molecule has 0 bridgehead atoms. The number of benzene rings is 3. The summed E-state index contributed by atoms with van der Waals surface area (Å²) < 4.78 is 31.9. The zero-order valence-corrected chi connectivity index (χ0v) is 21.0. The van der Waals surface area contributed by atoms with Crippen LogP contribution in [-0.4, -0.2) is 30.7 Å². The van der Waals surface area contributed by atoms with Crippen LogP contribution in [0.15, 0.2) is 129 Å². The Balaban J connectivity index is 1.65. The Morgan fingerprint density at radius 3 is 1.68 bits per heavy atom. The topological polar surface area (TPSA) is 46.2 Å². The molecule has 37 heavy (non-hydrogen) atoms. The number of rotatable bonds is 13. The summed E-state index contributed by atoms with van der Waals surface area (Å²) >= 11 is 0. The maximum absolute atomic E-state index is 6.53. The van der Waals surface area contributed by atoms with Crippen LogP contribution < -0.4 is 0 Å². The van der Waals surface area contributed by atoms with E-state index >= 15 is 0 Å². The van der Waals surface area contributed by atoms with Gasteiger partial charge in [-0.2, -0.15) is 0 Å². The van der Waals surface area contributed by atoms with Crippen molar-refractivity contribution in [2.75, 3.05) is 6.61 Å². The molecule has 192 valence electrons. The average Bonchev–Trinajstić information content (AvgIpc) is 2.95. The van der Waals surface area contributed by atoms with Crippen molar-refractivity contribution in [3.63, 3.8) is 0 Å². The van der Waals surface area contributed by atoms with Gasteiger partial charge in [-0.3, -0.25) is 0 Å². The minimum atomic E-state index is -1.34. The summed E-state index contributed by atoms with van der Waals surface area (Å²) in [4.78, 5) is 0. The Bertz CT molecular complexity index is 1130. The Hall–Kier alpha value is -3.48. The van der Waals surface area contributed by atoms with Gasteiger partial charge >= 0.3 is 0 Å². The highest BCUT2D eigenvalue weighted by Crippen LogP contribution is 2.39. The van der Waals surface area contributed by atoms with Gasteiger partial charge in [0.05, 0.1) is 26.4 Å². The standard InChI is InChI=1S/C32H34O5/c1-4-21-36-32(5-2)31(35-24-28-19-13-8-14-20-28)30(34-23-27-17-11-7-12-18-27)29(25(3)37-32)33-22-26-15-9-6-10-16-26/h4-20,29-31H,1-3,21-24H2/t29-,30+,31-,32+/m1/s1. The molecule has 0 aliphatic carbocycles. The van der Waals surface area contributed by atoms with E-state index in [1.54, 1.807) is 12.2 Å². The zero-order valence-electron chi connectivity index (χ0n) is 21.0. The van der Waals surface area contributed by atoms with E-state index < -0.39 is 24.1 Å². The molecule has 0 spiro atoms. The second kappa shape index (κ2) is 13.2. The van der Waals surface area contributed by atoms with Crippen molar-refractivity contribution in [2.45, 2.75) is 43.9 Å². The molecule has 0 amide bonds. The van der Waals surface area contributed by atoms with Crippen LogP contribution in [-0.2, 0) is 43.5 Å². The van der Waals surface area contributed by atoms with Gasteiger partial charge in [0.2, 0.25) is 0 Å². The first-order valence-corrected chi connectivity index (χ1v) is 12.4. The van der Waals surface area contributed by atoms with Gasteiger partial charge < -0.3 is 23.7 Å². The summed E-state index contributed by atoms with van der Waals surface area (Å²) in [5.41, 5.74) is 3.07. The molecule has 4 rings (SSSR count). The van der Waals surface area contributed by atoms with Crippen LogP contribution in [0.25, 0.3) is 0 Å². The molecule has 5 nitrogen and oxygen atoms in total. The van der Waals surface area contributed by atoms with E-state index in [1.165, 1.54) is 0 Å². The van der Waals surface area contributed by atoms with Crippen molar-refractivity contribution >= 4 is 0 Å². The van der Waals surface area contributed by atoms with E-state index in [2.05, 4.69) is 19.7 Å². The zero-order chi connectivity index (χ0) is 25.9. The first kappa shape index (κ1) is 26.6. The van der Waals surface area contributed by atoms with Gasteiger partial charge in [-0.15, -0.1) is 6.58 Å². The van der Waals surface area contributed by atoms with Gasteiger partial charge in [0, 0.05) is 0 Å². The molecule has 1 aliphatic rings. The summed E-state index contributed by atoms with van der Waals surface area (Å²) in [7, 11) is 0. The first-order chi connectivity index (χ1) is 18.1. The van der Waals surface area contributed by atoms with Crippen molar-refractivity contribution in [2.24, 2.45) is 0 Å². The average molecular weight is 499 g/mol. The van der Waals surface area contributed by atoms with Crippen LogP contribution in [0.1, 0.15) is 16.7 Å². The van der Waals surface area contributed by atoms with E-state index in [-0.39, 0.29) is 6.61 Å². The lowest BCUT2D eigenvalue weighted by Crippen LogP contribution is -2.62. The minimum Gasteiger partial charge on any atom is -0.458 e. The molecule has 0 unspecified atom stereocenters. The molecule has 0 N–H and O–H groups in total. The molecule has 5 heteroatoms. The lowest BCUT2D eigenvalue weighted by atomic mass is 9.93. The van der Waals surface area contributed by atoms with Crippen LogP contribution in [0.3, 0.4) is 0 Å². The Morgan fingerprint density at radius 2 is 1.19 bits per heavy atom. The van der Waals surface area contributed by atoms with Crippen molar-refractivity contribution < 1.29 is 23.7 Å². The van der Waals surface area contributed by atoms with E-state index in [0.29, 0.717) is 25.6 Å². The summed E-state index contributed by atoms with van der Waals surface area (Å²) in [6.07, 6.45) is 1.34. The maximum atomic E-state index is 6.53. The predicted molar refractivity (Wildman–Crippen MR) is 144 cm³/mol. The fourth-order valence-electron chi connectivity index (χ4n) is 4.27. The maximum Gasteiger partial charge on any atom is 0.259 e. The molecule has 1 fully saturated rings. The second-order valence-electron chi connectivity index (χ2n) is 8.79. The van der Waals surface area contributed by atoms with Crippen molar-refractivity contribution in [1.82, 2.24) is 0 Å². The van der Waals surface area contributed by atoms with E-state index in [4.69, 9.17) is 23.7 Å². The molecule has 3 aromatic carbocycles. The number of hydrogen-bond acceptors (Lipinski definition) is 5. The predicted octanol–water partition coefficient (Wildman–Crippen LogP) is 6.37. The SMILES string of the molecule is C=CCO[C@@]1(C=C)OC(=C)[C@@H](OCc2ccccc2)[C@H](OCc2ccccc2)[C@H]1OCc1ccccc1. The Kier molecular flexibility index (Phi) is 9.46. The smallest absolute Gasteiger partial charge is 0.259 e. The summed E-state index contributed by atoms with van der Waals surface area (Å²) in [5, 5.41) is 0. The molecular formula is C32H34O5. The first-order valence-electron chi connectivity index (χ1n) is 12.4. The van der Waals surface area contributed by atoms with Gasteiger partial charge in [0.15, 0.2) is 6.10 Å². The molecule has 1 saturated heterocycles. The quantitative estimate of drug-likeness (QED) is 0.256. The highest BCUT2D eigenvalue weighted by atomic mass is 16.7. The van der Waals surface area contributed by atoms with Crippen LogP contribution in [0, 0.1) is 0 Å². The molecule has 0 radical (unpaired) electrons. The Morgan fingerprint density at radius 1 is 0.703 bits per heavy atom. The van der Waals surface area contributed by atoms with Crippen LogP contribution in [0.2, 0.25) is 0 Å². The van der Waals surface area contributed by atoms with E-state index in [9.17, 15) is 0 Å². The van der Waals surface area contributed by atoms with E-state index in [1.807, 2.05) is 91.0 Å². The van der Waals surface area contributed by atoms with E-state index in [0.717, 1.165) is 16.7 Å². The highest BCUT2D eigenvalue weighted by Gasteiger charge is 2.55. The molecule has 1 aliphatic heterocycles. The van der Waals surface area contributed by atoms with Crippen molar-refractivity contribution in [3.05, 3.63) is 145 Å². The molecule has 3 aromatic rings. The fraction of sp³-hybridized carbons (Fsp3) is 0.250. The molecule has 1 heterocycles. The number of hydrogen-bond donors (Lipinski definition) is 0. The van der Waals surface area contributed by atoms with Crippen molar-refractivity contribution in [3.8, 4) is 0 Å². The van der Waals surface area contributed by atoms with Crippen LogP contribution in [0.5, 0.6) is 0 Å². The fourth-order valence-corrected chi connectivity index (χ4v) is 4.27. The largest absolute Gasteiger partial charge is 0.458 e. The number of ether oxygens (including phenoxy) is 5. The van der Waals surface area contributed by atoms with Gasteiger partial charge in [-0.1, -0.05) is 110 Å². The third-order valence-electron chi connectivity index (χ3n) is 6.14. The van der Waals surface area contributed by atoms with Gasteiger partial charge in [0.1, 0.15) is 18.0 Å². The molecule has 0 aromatic heterocycles. The van der Waals surface area contributed by atoms with Crippen molar-refractivity contribution in [1.29, 1.82) is 0 Å². The monoisotopic (exact) mass is 498 g/mol. The minimum absolute atomic E-state index is 0.228. The summed E-state index contributed by atoms with van der Waals surface area (Å²) in [6, 6.07) is 29.9. The molecular weight excluding hydrogens is 464 g/mol. The highest BCUT2D eigenvalue weighted by molar-refractivity contribution is 5.19. The van der Waals surface area contributed by atoms with Gasteiger partial charge in [-0.05, 0) is 22.8 Å². The van der Waals surface area contributed by atoms with Crippen LogP contribution in [0.4, 0.5) is 0 Å². The summed E-state index contributed by atoms with van der Waals surface area (Å²) in [5.74, 6) is -0.953. The lowest BCUT2D eigenvalue weighted by molar-refractivity contribution is -0.313. The van der Waals surface area contributed by atoms with Gasteiger partial charge in [0.25, 0.3) is 5.79 Å². The normalized spacial score (nSPS) is 23.2. The van der Waals surface area contributed by atoms with Gasteiger partial charge in [-0.25, -0.2) is 0 Å². The third kappa shape index (κ3) is 6.85. The lowest BCUT2D eigenvalue weighted by Gasteiger charge is -2.48.